The van der Waals surface area contributed by atoms with Crippen molar-refractivity contribution in [2.24, 2.45) is 0 Å². The van der Waals surface area contributed by atoms with Gasteiger partial charge in [0.25, 0.3) is 0 Å². The van der Waals surface area contributed by atoms with Crippen LogP contribution in [0.2, 0.25) is 0 Å². The van der Waals surface area contributed by atoms with Crippen molar-refractivity contribution >= 4 is 34.2 Å². The number of carbonyl (C=O) groups is 1. The molecule has 0 aliphatic carbocycles. The Morgan fingerprint density at radius 1 is 1.29 bits per heavy atom. The number of benzene rings is 1. The molecule has 0 aromatic heterocycles. The molecule has 0 radical (unpaired) electrons. The molecule has 0 fully saturated rings. The van der Waals surface area contributed by atoms with Gasteiger partial charge in [0.05, 0.1) is 5.25 Å². The number of rotatable bonds is 6. The monoisotopic (exact) mass is 324 g/mol. The Labute approximate surface area is 137 Å². The molecule has 116 valence electrons. The van der Waals surface area contributed by atoms with Crippen molar-refractivity contribution in [2.45, 2.75) is 39.5 Å². The van der Waals surface area contributed by atoms with Crippen molar-refractivity contribution in [1.29, 1.82) is 0 Å². The van der Waals surface area contributed by atoms with E-state index in [1.54, 1.807) is 0 Å². The first-order chi connectivity index (χ1) is 9.97. The molecule has 0 aliphatic heterocycles. The molecule has 0 spiro atoms. The fourth-order valence-electron chi connectivity index (χ4n) is 1.80. The molecule has 1 N–H and O–H groups in total. The summed E-state index contributed by atoms with van der Waals surface area (Å²) in [5, 5.41) is 2.78. The van der Waals surface area contributed by atoms with Crippen LogP contribution in [-0.4, -0.2) is 33.5 Å². The fourth-order valence-corrected chi connectivity index (χ4v) is 3.39. The van der Waals surface area contributed by atoms with Crippen molar-refractivity contribution in [3.05, 3.63) is 35.4 Å². The van der Waals surface area contributed by atoms with Crippen LogP contribution in [0.15, 0.2) is 24.3 Å². The van der Waals surface area contributed by atoms with Gasteiger partial charge in [-0.3, -0.25) is 4.79 Å². The van der Waals surface area contributed by atoms with E-state index in [1.165, 1.54) is 17.3 Å². The van der Waals surface area contributed by atoms with Gasteiger partial charge in [-0.1, -0.05) is 53.8 Å². The highest BCUT2D eigenvalue weighted by molar-refractivity contribution is 8.23. The number of thioether (sulfide) groups is 1. The average molecular weight is 325 g/mol. The minimum Gasteiger partial charge on any atom is -0.358 e. The normalized spacial score (nSPS) is 11.8. The summed E-state index contributed by atoms with van der Waals surface area (Å²) in [6.07, 6.45) is 0. The van der Waals surface area contributed by atoms with Crippen LogP contribution >= 0.6 is 24.0 Å². The van der Waals surface area contributed by atoms with E-state index in [2.05, 4.69) is 43.1 Å². The first-order valence-electron chi connectivity index (χ1n) is 7.26. The van der Waals surface area contributed by atoms with E-state index in [0.717, 1.165) is 23.0 Å². The van der Waals surface area contributed by atoms with Crippen molar-refractivity contribution in [3.8, 4) is 0 Å². The van der Waals surface area contributed by atoms with Crippen LogP contribution in [0.3, 0.4) is 0 Å². The molecule has 1 aromatic rings. The molecule has 1 unspecified atom stereocenters. The molecule has 0 heterocycles. The van der Waals surface area contributed by atoms with Crippen molar-refractivity contribution in [2.75, 3.05) is 13.1 Å². The lowest BCUT2D eigenvalue weighted by atomic mass is 10.1. The molecule has 0 bridgehead atoms. The quantitative estimate of drug-likeness (QED) is 0.813. The third-order valence-electron chi connectivity index (χ3n) is 3.26. The SMILES string of the molecule is CCN(CC)C(=S)SC(C)C(=O)NCc1ccc(C)cc1. The van der Waals surface area contributed by atoms with E-state index < -0.39 is 0 Å². The van der Waals surface area contributed by atoms with Crippen LogP contribution in [-0.2, 0) is 11.3 Å². The highest BCUT2D eigenvalue weighted by atomic mass is 32.2. The van der Waals surface area contributed by atoms with E-state index in [1.807, 2.05) is 19.1 Å². The van der Waals surface area contributed by atoms with Gasteiger partial charge in [0.1, 0.15) is 4.32 Å². The molecule has 3 nitrogen and oxygen atoms in total. The maximum Gasteiger partial charge on any atom is 0.233 e. The Kier molecular flexibility index (Phi) is 7.75. The fraction of sp³-hybridized carbons (Fsp3) is 0.500. The van der Waals surface area contributed by atoms with Gasteiger partial charge >= 0.3 is 0 Å². The first kappa shape index (κ1) is 18.0. The lowest BCUT2D eigenvalue weighted by Crippen LogP contribution is -2.34. The highest BCUT2D eigenvalue weighted by Gasteiger charge is 2.17. The predicted octanol–water partition coefficient (Wildman–Crippen LogP) is 3.36. The summed E-state index contributed by atoms with van der Waals surface area (Å²) in [5.41, 5.74) is 2.33. The summed E-state index contributed by atoms with van der Waals surface area (Å²) in [4.78, 5) is 14.2. The zero-order valence-corrected chi connectivity index (χ0v) is 14.8. The Balaban J connectivity index is 2.44. The maximum absolute atomic E-state index is 12.1. The van der Waals surface area contributed by atoms with E-state index in [9.17, 15) is 4.79 Å². The van der Waals surface area contributed by atoms with E-state index in [4.69, 9.17) is 12.2 Å². The van der Waals surface area contributed by atoms with Crippen molar-refractivity contribution in [1.82, 2.24) is 10.2 Å². The van der Waals surface area contributed by atoms with E-state index in [-0.39, 0.29) is 11.2 Å². The summed E-state index contributed by atoms with van der Waals surface area (Å²) in [6, 6.07) is 8.17. The second kappa shape index (κ2) is 9.05. The van der Waals surface area contributed by atoms with Crippen LogP contribution in [0, 0.1) is 6.92 Å². The summed E-state index contributed by atoms with van der Waals surface area (Å²) in [7, 11) is 0. The molecule has 1 atom stereocenters. The van der Waals surface area contributed by atoms with Crippen LogP contribution in [0.4, 0.5) is 0 Å². The standard InChI is InChI=1S/C16H24N2OS2/c1-5-18(6-2)16(20)21-13(4)15(19)17-11-14-9-7-12(3)8-10-14/h7-10,13H,5-6,11H2,1-4H3,(H,17,19). The van der Waals surface area contributed by atoms with Gasteiger partial charge in [0, 0.05) is 19.6 Å². The van der Waals surface area contributed by atoms with Gasteiger partial charge in [-0.05, 0) is 33.3 Å². The first-order valence-corrected chi connectivity index (χ1v) is 8.55. The van der Waals surface area contributed by atoms with Gasteiger partial charge in [0.2, 0.25) is 5.91 Å². The molecule has 0 saturated heterocycles. The Morgan fingerprint density at radius 2 is 1.86 bits per heavy atom. The summed E-state index contributed by atoms with van der Waals surface area (Å²) in [5.74, 6) is 0.0232. The van der Waals surface area contributed by atoms with Gasteiger partial charge in [-0.15, -0.1) is 0 Å². The minimum absolute atomic E-state index is 0.0232. The molecular weight excluding hydrogens is 300 g/mol. The highest BCUT2D eigenvalue weighted by Crippen LogP contribution is 2.16. The van der Waals surface area contributed by atoms with Crippen LogP contribution in [0.1, 0.15) is 31.9 Å². The van der Waals surface area contributed by atoms with Crippen molar-refractivity contribution < 1.29 is 4.79 Å². The molecule has 0 saturated carbocycles. The van der Waals surface area contributed by atoms with Crippen molar-refractivity contribution in [3.63, 3.8) is 0 Å². The third kappa shape index (κ3) is 6.06. The van der Waals surface area contributed by atoms with Crippen LogP contribution < -0.4 is 5.32 Å². The number of thiocarbonyl (C=S) groups is 1. The summed E-state index contributed by atoms with van der Waals surface area (Å²) in [6.45, 7) is 10.4. The Bertz CT molecular complexity index is 470. The van der Waals surface area contributed by atoms with Gasteiger partial charge in [0.15, 0.2) is 0 Å². The van der Waals surface area contributed by atoms with E-state index in [0.29, 0.717) is 6.54 Å². The summed E-state index contributed by atoms with van der Waals surface area (Å²) < 4.78 is 0.790. The predicted molar refractivity (Wildman–Crippen MR) is 95.6 cm³/mol. The topological polar surface area (TPSA) is 32.3 Å². The average Bonchev–Trinajstić information content (AvgIpc) is 2.47. The number of amides is 1. The molecule has 0 aliphatic rings. The number of nitrogens with zero attached hydrogens (tertiary/aromatic N) is 1. The van der Waals surface area contributed by atoms with E-state index >= 15 is 0 Å². The zero-order valence-electron chi connectivity index (χ0n) is 13.2. The molecule has 1 aromatic carbocycles. The zero-order chi connectivity index (χ0) is 15.8. The Hall–Kier alpha value is -1.07. The molecule has 5 heteroatoms. The molecule has 1 rings (SSSR count). The minimum atomic E-state index is -0.177. The second-order valence-corrected chi connectivity index (χ2v) is 6.88. The lowest BCUT2D eigenvalue weighted by molar-refractivity contribution is -0.120. The van der Waals surface area contributed by atoms with Crippen LogP contribution in [0.25, 0.3) is 0 Å². The molecule has 21 heavy (non-hydrogen) atoms. The largest absolute Gasteiger partial charge is 0.358 e. The molecular formula is C16H24N2OS2. The third-order valence-corrected chi connectivity index (χ3v) is 4.83. The number of nitrogens with one attached hydrogen (secondary N) is 1. The lowest BCUT2D eigenvalue weighted by Gasteiger charge is -2.22. The second-order valence-electron chi connectivity index (χ2n) is 4.90. The number of aryl methyl sites for hydroxylation is 1. The number of hydrogen-bond donors (Lipinski definition) is 1. The number of hydrogen-bond acceptors (Lipinski definition) is 3. The smallest absolute Gasteiger partial charge is 0.233 e. The summed E-state index contributed by atoms with van der Waals surface area (Å²) >= 11 is 6.82. The maximum atomic E-state index is 12.1. The Morgan fingerprint density at radius 3 is 2.38 bits per heavy atom. The van der Waals surface area contributed by atoms with Crippen LogP contribution in [0.5, 0.6) is 0 Å². The van der Waals surface area contributed by atoms with Gasteiger partial charge < -0.3 is 10.2 Å². The number of carbonyl (C=O) groups excluding carboxylic acids is 1. The van der Waals surface area contributed by atoms with Gasteiger partial charge in [-0.2, -0.15) is 0 Å². The van der Waals surface area contributed by atoms with Gasteiger partial charge in [-0.25, -0.2) is 0 Å². The molecule has 1 amide bonds.